The van der Waals surface area contributed by atoms with E-state index in [0.717, 1.165) is 16.5 Å². The van der Waals surface area contributed by atoms with E-state index in [9.17, 15) is 8.42 Å². The van der Waals surface area contributed by atoms with E-state index in [2.05, 4.69) is 9.17 Å². The van der Waals surface area contributed by atoms with Crippen LogP contribution in [0.1, 0.15) is 5.56 Å². The van der Waals surface area contributed by atoms with Crippen LogP contribution in [0, 0.1) is 0 Å². The minimum atomic E-state index is -4.43. The summed E-state index contributed by atoms with van der Waals surface area (Å²) in [4.78, 5) is 3.10. The Bertz CT molecular complexity index is 635. The zero-order chi connectivity index (χ0) is 13.2. The predicted molar refractivity (Wildman–Crippen MR) is 67.5 cm³/mol. The number of aromatic amines is 1. The first-order valence-electron chi connectivity index (χ1n) is 5.38. The van der Waals surface area contributed by atoms with Crippen LogP contribution in [0.15, 0.2) is 30.5 Å². The molecule has 18 heavy (non-hydrogen) atoms. The number of aromatic nitrogens is 1. The van der Waals surface area contributed by atoms with E-state index in [4.69, 9.17) is 10.3 Å². The van der Waals surface area contributed by atoms with Crippen molar-refractivity contribution in [2.75, 3.05) is 6.61 Å². The summed E-state index contributed by atoms with van der Waals surface area (Å²) in [6.07, 6.45) is 2.29. The molecule has 0 saturated carbocycles. The minimum Gasteiger partial charge on any atom is -0.361 e. The van der Waals surface area contributed by atoms with Crippen molar-refractivity contribution >= 4 is 21.3 Å². The van der Waals surface area contributed by atoms with Crippen LogP contribution in [0.5, 0.6) is 0 Å². The van der Waals surface area contributed by atoms with Gasteiger partial charge >= 0.3 is 10.4 Å². The second-order valence-corrected chi connectivity index (χ2v) is 5.13. The van der Waals surface area contributed by atoms with Crippen molar-refractivity contribution in [3.05, 3.63) is 36.0 Å². The van der Waals surface area contributed by atoms with E-state index in [0.29, 0.717) is 6.42 Å². The highest BCUT2D eigenvalue weighted by atomic mass is 32.3. The van der Waals surface area contributed by atoms with E-state index < -0.39 is 16.4 Å². The molecule has 0 bridgehead atoms. The van der Waals surface area contributed by atoms with Crippen molar-refractivity contribution in [1.29, 1.82) is 0 Å². The highest BCUT2D eigenvalue weighted by molar-refractivity contribution is 7.80. The van der Waals surface area contributed by atoms with E-state index in [1.54, 1.807) is 0 Å². The smallest absolute Gasteiger partial charge is 0.361 e. The number of nitrogens with one attached hydrogen (secondary N) is 1. The molecule has 0 aliphatic carbocycles. The molecule has 4 N–H and O–H groups in total. The normalized spacial score (nSPS) is 13.9. The molecule has 7 heteroatoms. The Balaban J connectivity index is 2.05. The Morgan fingerprint density at radius 1 is 1.39 bits per heavy atom. The fourth-order valence-electron chi connectivity index (χ4n) is 1.82. The fourth-order valence-corrected chi connectivity index (χ4v) is 2.16. The lowest BCUT2D eigenvalue weighted by Gasteiger charge is -2.09. The van der Waals surface area contributed by atoms with Gasteiger partial charge in [0.25, 0.3) is 0 Å². The zero-order valence-corrected chi connectivity index (χ0v) is 10.4. The number of rotatable bonds is 5. The van der Waals surface area contributed by atoms with Gasteiger partial charge in [0, 0.05) is 23.1 Å². The van der Waals surface area contributed by atoms with Gasteiger partial charge in [-0.25, -0.2) is 4.18 Å². The molecule has 98 valence electrons. The van der Waals surface area contributed by atoms with Gasteiger partial charge in [0.2, 0.25) is 0 Å². The second kappa shape index (κ2) is 5.07. The molecule has 0 radical (unpaired) electrons. The van der Waals surface area contributed by atoms with Crippen molar-refractivity contribution in [2.24, 2.45) is 5.73 Å². The molecule has 0 amide bonds. The topological polar surface area (TPSA) is 105 Å². The molecule has 1 aromatic carbocycles. The highest BCUT2D eigenvalue weighted by Crippen LogP contribution is 2.18. The Morgan fingerprint density at radius 2 is 2.11 bits per heavy atom. The summed E-state index contributed by atoms with van der Waals surface area (Å²) in [5.74, 6) is 0. The first-order chi connectivity index (χ1) is 8.46. The lowest BCUT2D eigenvalue weighted by Crippen LogP contribution is -2.29. The summed E-state index contributed by atoms with van der Waals surface area (Å²) in [7, 11) is -4.43. The quantitative estimate of drug-likeness (QED) is 0.699. The molecule has 1 heterocycles. The predicted octanol–water partition coefficient (Wildman–Crippen LogP) is 0.857. The van der Waals surface area contributed by atoms with Gasteiger partial charge in [-0.05, 0) is 18.1 Å². The first-order valence-corrected chi connectivity index (χ1v) is 6.74. The SMILES string of the molecule is N[C@H](COS(=O)(=O)O)Cc1c[nH]c2ccccc12. The molecular weight excluding hydrogens is 256 g/mol. The molecule has 0 aliphatic rings. The fraction of sp³-hybridized carbons (Fsp3) is 0.273. The van der Waals surface area contributed by atoms with Crippen LogP contribution in [-0.4, -0.2) is 30.6 Å². The maximum Gasteiger partial charge on any atom is 0.397 e. The van der Waals surface area contributed by atoms with Gasteiger partial charge in [-0.15, -0.1) is 0 Å². The molecule has 1 atom stereocenters. The lowest BCUT2D eigenvalue weighted by atomic mass is 10.1. The van der Waals surface area contributed by atoms with Crippen LogP contribution < -0.4 is 5.73 Å². The van der Waals surface area contributed by atoms with E-state index in [1.807, 2.05) is 30.5 Å². The third-order valence-electron chi connectivity index (χ3n) is 2.59. The molecule has 6 nitrogen and oxygen atoms in total. The first kappa shape index (κ1) is 13.0. The van der Waals surface area contributed by atoms with Crippen molar-refractivity contribution in [2.45, 2.75) is 12.5 Å². The molecule has 0 saturated heterocycles. The van der Waals surface area contributed by atoms with Crippen LogP contribution in [0.3, 0.4) is 0 Å². The summed E-state index contributed by atoms with van der Waals surface area (Å²) in [6, 6.07) is 7.23. The van der Waals surface area contributed by atoms with Gasteiger partial charge in [0.05, 0.1) is 6.61 Å². The zero-order valence-electron chi connectivity index (χ0n) is 9.54. The van der Waals surface area contributed by atoms with Crippen molar-refractivity contribution in [1.82, 2.24) is 4.98 Å². The monoisotopic (exact) mass is 270 g/mol. The van der Waals surface area contributed by atoms with Gasteiger partial charge < -0.3 is 10.7 Å². The molecule has 0 spiro atoms. The number of fused-ring (bicyclic) bond motifs is 1. The van der Waals surface area contributed by atoms with Crippen molar-refractivity contribution in [3.8, 4) is 0 Å². The average Bonchev–Trinajstić information content (AvgIpc) is 2.70. The lowest BCUT2D eigenvalue weighted by molar-refractivity contribution is 0.250. The van der Waals surface area contributed by atoms with E-state index in [-0.39, 0.29) is 6.61 Å². The summed E-state index contributed by atoms with van der Waals surface area (Å²) in [5, 5.41) is 1.04. The summed E-state index contributed by atoms with van der Waals surface area (Å²) < 4.78 is 33.5. The van der Waals surface area contributed by atoms with Crippen molar-refractivity contribution in [3.63, 3.8) is 0 Å². The third-order valence-corrected chi connectivity index (χ3v) is 3.02. The number of para-hydroxylation sites is 1. The van der Waals surface area contributed by atoms with E-state index >= 15 is 0 Å². The molecule has 2 aromatic rings. The van der Waals surface area contributed by atoms with E-state index in [1.165, 1.54) is 0 Å². The van der Waals surface area contributed by atoms with Gasteiger partial charge in [0.1, 0.15) is 0 Å². The third kappa shape index (κ3) is 3.30. The minimum absolute atomic E-state index is 0.252. The number of benzene rings is 1. The van der Waals surface area contributed by atoms with Gasteiger partial charge in [-0.1, -0.05) is 18.2 Å². The maximum atomic E-state index is 10.4. The second-order valence-electron chi connectivity index (χ2n) is 4.04. The molecule has 0 aliphatic heterocycles. The van der Waals surface area contributed by atoms with Gasteiger partial charge in [-0.2, -0.15) is 8.42 Å². The van der Waals surface area contributed by atoms with Crippen LogP contribution in [0.2, 0.25) is 0 Å². The summed E-state index contributed by atoms with van der Waals surface area (Å²) in [5.41, 5.74) is 7.73. The largest absolute Gasteiger partial charge is 0.397 e. The van der Waals surface area contributed by atoms with Crippen LogP contribution in [0.4, 0.5) is 0 Å². The molecule has 0 unspecified atom stereocenters. The highest BCUT2D eigenvalue weighted by Gasteiger charge is 2.12. The number of hydrogen-bond acceptors (Lipinski definition) is 4. The van der Waals surface area contributed by atoms with Crippen LogP contribution >= 0.6 is 0 Å². The summed E-state index contributed by atoms with van der Waals surface area (Å²) >= 11 is 0. The number of hydrogen-bond donors (Lipinski definition) is 3. The Labute approximate surface area is 105 Å². The molecule has 2 rings (SSSR count). The summed E-state index contributed by atoms with van der Waals surface area (Å²) in [6.45, 7) is -0.252. The number of nitrogens with two attached hydrogens (primary N) is 1. The Hall–Kier alpha value is -1.41. The molecule has 1 aromatic heterocycles. The standard InChI is InChI=1S/C11H14N2O4S/c12-9(7-17-18(14,15)16)5-8-6-13-11-4-2-1-3-10(8)11/h1-4,6,9,13H,5,7,12H2,(H,14,15,16)/t9-/m0/s1. The average molecular weight is 270 g/mol. The maximum absolute atomic E-state index is 10.4. The Morgan fingerprint density at radius 3 is 2.83 bits per heavy atom. The number of H-pyrrole nitrogens is 1. The van der Waals surface area contributed by atoms with Crippen molar-refractivity contribution < 1.29 is 17.2 Å². The Kier molecular flexibility index (Phi) is 3.67. The van der Waals surface area contributed by atoms with Gasteiger partial charge in [0.15, 0.2) is 0 Å². The van der Waals surface area contributed by atoms with Crippen LogP contribution in [-0.2, 0) is 21.0 Å². The van der Waals surface area contributed by atoms with Gasteiger partial charge in [-0.3, -0.25) is 4.55 Å². The molecular formula is C11H14N2O4S. The van der Waals surface area contributed by atoms with Crippen LogP contribution in [0.25, 0.3) is 10.9 Å². The molecule has 0 fully saturated rings.